The van der Waals surface area contributed by atoms with Crippen LogP contribution >= 0.6 is 0 Å². The Morgan fingerprint density at radius 2 is 2.30 bits per heavy atom. The summed E-state index contributed by atoms with van der Waals surface area (Å²) in [6, 6.07) is 3.46. The summed E-state index contributed by atoms with van der Waals surface area (Å²) in [4.78, 5) is 12.2. The van der Waals surface area contributed by atoms with E-state index in [1.165, 1.54) is 0 Å². The van der Waals surface area contributed by atoms with Crippen LogP contribution in [0.15, 0.2) is 12.1 Å². The van der Waals surface area contributed by atoms with Gasteiger partial charge in [0, 0.05) is 13.2 Å². The monoisotopic (exact) mass is 278 g/mol. The van der Waals surface area contributed by atoms with Gasteiger partial charge in [-0.15, -0.1) is 10.2 Å². The minimum absolute atomic E-state index is 0.201. The van der Waals surface area contributed by atoms with Crippen molar-refractivity contribution in [2.24, 2.45) is 0 Å². The Labute approximate surface area is 119 Å². The van der Waals surface area contributed by atoms with Crippen molar-refractivity contribution in [2.75, 3.05) is 25.1 Å². The Bertz CT molecular complexity index is 441. The summed E-state index contributed by atoms with van der Waals surface area (Å²) in [6.45, 7) is 6.23. The second-order valence-electron chi connectivity index (χ2n) is 5.40. The Morgan fingerprint density at radius 3 is 2.90 bits per heavy atom. The zero-order valence-electron chi connectivity index (χ0n) is 12.1. The van der Waals surface area contributed by atoms with Gasteiger partial charge in [-0.3, -0.25) is 4.79 Å². The number of nitrogens with zero attached hydrogens (tertiary/aromatic N) is 2. The Hall–Kier alpha value is -1.69. The highest BCUT2D eigenvalue weighted by molar-refractivity contribution is 5.92. The summed E-state index contributed by atoms with van der Waals surface area (Å²) in [5.74, 6) is 0.489. The first-order valence-corrected chi connectivity index (χ1v) is 7.11. The second-order valence-corrected chi connectivity index (χ2v) is 5.40. The standard InChI is InChI=1S/C14H22N4O2/c1-3-8-15-12-6-5-11(17-18-12)13(19)16-14(2)7-4-9-20-10-14/h5-6H,3-4,7-10H2,1-2H3,(H,15,18)(H,16,19). The van der Waals surface area contributed by atoms with Crippen LogP contribution in [-0.2, 0) is 4.74 Å². The van der Waals surface area contributed by atoms with Crippen LogP contribution in [0.5, 0.6) is 0 Å². The third kappa shape index (κ3) is 3.90. The van der Waals surface area contributed by atoms with Gasteiger partial charge in [-0.1, -0.05) is 6.92 Å². The van der Waals surface area contributed by atoms with Crippen LogP contribution in [0.1, 0.15) is 43.6 Å². The van der Waals surface area contributed by atoms with Crippen LogP contribution in [0.3, 0.4) is 0 Å². The first kappa shape index (κ1) is 14.7. The van der Waals surface area contributed by atoms with Crippen LogP contribution < -0.4 is 10.6 Å². The lowest BCUT2D eigenvalue weighted by Gasteiger charge is -2.34. The molecule has 6 heteroatoms. The molecule has 1 aliphatic rings. The molecule has 0 bridgehead atoms. The van der Waals surface area contributed by atoms with Gasteiger partial charge in [0.25, 0.3) is 5.91 Å². The molecule has 2 N–H and O–H groups in total. The lowest BCUT2D eigenvalue weighted by molar-refractivity contribution is 0.0271. The van der Waals surface area contributed by atoms with Crippen molar-refractivity contribution in [2.45, 2.75) is 38.6 Å². The number of hydrogen-bond acceptors (Lipinski definition) is 5. The maximum Gasteiger partial charge on any atom is 0.272 e. The van der Waals surface area contributed by atoms with Gasteiger partial charge in [0.15, 0.2) is 5.69 Å². The van der Waals surface area contributed by atoms with Crippen molar-refractivity contribution in [1.29, 1.82) is 0 Å². The van der Waals surface area contributed by atoms with Crippen molar-refractivity contribution < 1.29 is 9.53 Å². The smallest absolute Gasteiger partial charge is 0.272 e. The molecule has 0 aromatic carbocycles. The molecule has 1 amide bonds. The van der Waals surface area contributed by atoms with Crippen LogP contribution in [0.2, 0.25) is 0 Å². The van der Waals surface area contributed by atoms with E-state index in [1.54, 1.807) is 12.1 Å². The number of ether oxygens (including phenoxy) is 1. The molecule has 2 rings (SSSR count). The molecule has 2 heterocycles. The molecule has 0 aliphatic carbocycles. The number of anilines is 1. The molecule has 0 radical (unpaired) electrons. The van der Waals surface area contributed by atoms with Crippen molar-refractivity contribution in [3.63, 3.8) is 0 Å². The summed E-state index contributed by atoms with van der Waals surface area (Å²) in [5, 5.41) is 14.1. The molecule has 1 aliphatic heterocycles. The van der Waals surface area contributed by atoms with Crippen molar-refractivity contribution in [3.05, 3.63) is 17.8 Å². The highest BCUT2D eigenvalue weighted by Gasteiger charge is 2.30. The van der Waals surface area contributed by atoms with Gasteiger partial charge in [-0.25, -0.2) is 0 Å². The van der Waals surface area contributed by atoms with E-state index in [-0.39, 0.29) is 11.4 Å². The van der Waals surface area contributed by atoms with E-state index in [9.17, 15) is 4.79 Å². The van der Waals surface area contributed by atoms with E-state index in [0.29, 0.717) is 18.1 Å². The van der Waals surface area contributed by atoms with E-state index in [2.05, 4.69) is 27.8 Å². The van der Waals surface area contributed by atoms with Crippen LogP contribution in [0, 0.1) is 0 Å². The van der Waals surface area contributed by atoms with Crippen LogP contribution in [0.25, 0.3) is 0 Å². The molecule has 1 aromatic rings. The number of rotatable bonds is 5. The van der Waals surface area contributed by atoms with Crippen LogP contribution in [-0.4, -0.2) is 41.4 Å². The summed E-state index contributed by atoms with van der Waals surface area (Å²) >= 11 is 0. The molecule has 6 nitrogen and oxygen atoms in total. The van der Waals surface area contributed by atoms with Gasteiger partial charge in [0.1, 0.15) is 5.82 Å². The predicted molar refractivity (Wildman–Crippen MR) is 76.7 cm³/mol. The molecule has 20 heavy (non-hydrogen) atoms. The molecule has 1 fully saturated rings. The largest absolute Gasteiger partial charge is 0.379 e. The fourth-order valence-electron chi connectivity index (χ4n) is 2.17. The first-order chi connectivity index (χ1) is 9.63. The number of nitrogens with one attached hydrogen (secondary N) is 2. The summed E-state index contributed by atoms with van der Waals surface area (Å²) < 4.78 is 5.42. The fraction of sp³-hybridized carbons (Fsp3) is 0.643. The van der Waals surface area contributed by atoms with Crippen molar-refractivity contribution in [1.82, 2.24) is 15.5 Å². The normalized spacial score (nSPS) is 22.3. The van der Waals surface area contributed by atoms with Gasteiger partial charge in [-0.2, -0.15) is 0 Å². The molecular formula is C14H22N4O2. The van der Waals surface area contributed by atoms with Crippen molar-refractivity contribution in [3.8, 4) is 0 Å². The van der Waals surface area contributed by atoms with Crippen molar-refractivity contribution >= 4 is 11.7 Å². The lowest BCUT2D eigenvalue weighted by Crippen LogP contribution is -2.51. The molecule has 1 aromatic heterocycles. The second kappa shape index (κ2) is 6.65. The van der Waals surface area contributed by atoms with Gasteiger partial charge >= 0.3 is 0 Å². The number of hydrogen-bond donors (Lipinski definition) is 2. The molecular weight excluding hydrogens is 256 g/mol. The Balaban J connectivity index is 1.94. The number of amides is 1. The fourth-order valence-corrected chi connectivity index (χ4v) is 2.17. The predicted octanol–water partition coefficient (Wildman–Crippen LogP) is 1.60. The highest BCUT2D eigenvalue weighted by Crippen LogP contribution is 2.18. The minimum atomic E-state index is -0.309. The average Bonchev–Trinajstić information content (AvgIpc) is 2.46. The van der Waals surface area contributed by atoms with Gasteiger partial charge in [0.2, 0.25) is 0 Å². The van der Waals surface area contributed by atoms with E-state index < -0.39 is 0 Å². The lowest BCUT2D eigenvalue weighted by atomic mass is 9.95. The summed E-state index contributed by atoms with van der Waals surface area (Å²) in [7, 11) is 0. The Morgan fingerprint density at radius 1 is 1.45 bits per heavy atom. The Kier molecular flexibility index (Phi) is 4.89. The van der Waals surface area contributed by atoms with E-state index in [1.807, 2.05) is 6.92 Å². The molecule has 0 saturated carbocycles. The topological polar surface area (TPSA) is 76.1 Å². The SMILES string of the molecule is CCCNc1ccc(C(=O)NC2(C)CCCOC2)nn1. The number of carbonyl (C=O) groups is 1. The van der Waals surface area contributed by atoms with E-state index >= 15 is 0 Å². The summed E-state index contributed by atoms with van der Waals surface area (Å²) in [5.41, 5.74) is 0.0229. The quantitative estimate of drug-likeness (QED) is 0.855. The zero-order valence-corrected chi connectivity index (χ0v) is 12.1. The molecule has 0 spiro atoms. The number of carbonyl (C=O) groups excluding carboxylic acids is 1. The van der Waals surface area contributed by atoms with Gasteiger partial charge < -0.3 is 15.4 Å². The minimum Gasteiger partial charge on any atom is -0.379 e. The van der Waals surface area contributed by atoms with Gasteiger partial charge in [0.05, 0.1) is 12.1 Å². The first-order valence-electron chi connectivity index (χ1n) is 7.11. The van der Waals surface area contributed by atoms with E-state index in [4.69, 9.17) is 4.74 Å². The maximum atomic E-state index is 12.2. The van der Waals surface area contributed by atoms with Gasteiger partial charge in [-0.05, 0) is 38.3 Å². The molecule has 1 atom stereocenters. The zero-order chi connectivity index (χ0) is 14.4. The third-order valence-electron chi connectivity index (χ3n) is 3.31. The molecule has 1 saturated heterocycles. The average molecular weight is 278 g/mol. The third-order valence-corrected chi connectivity index (χ3v) is 3.31. The van der Waals surface area contributed by atoms with Crippen LogP contribution in [0.4, 0.5) is 5.82 Å². The summed E-state index contributed by atoms with van der Waals surface area (Å²) in [6.07, 6.45) is 2.90. The van der Waals surface area contributed by atoms with E-state index in [0.717, 1.165) is 32.4 Å². The molecule has 110 valence electrons. The highest BCUT2D eigenvalue weighted by atomic mass is 16.5. The number of aromatic nitrogens is 2. The molecule has 1 unspecified atom stereocenters. The maximum absolute atomic E-state index is 12.2.